The SMILES string of the molecule is Cc1cc(C(=O)NC(C)CC(C)Cl)ccc1[N+](=O)[O-]. The summed E-state index contributed by atoms with van der Waals surface area (Å²) in [5.41, 5.74) is 0.896. The molecule has 0 radical (unpaired) electrons. The molecule has 1 aromatic carbocycles. The Bertz CT molecular complexity index is 489. The van der Waals surface area contributed by atoms with Gasteiger partial charge in [0.2, 0.25) is 0 Å². The summed E-state index contributed by atoms with van der Waals surface area (Å²) in [5, 5.41) is 13.5. The van der Waals surface area contributed by atoms with Crippen LogP contribution in [0.2, 0.25) is 0 Å². The summed E-state index contributed by atoms with van der Waals surface area (Å²) in [5.74, 6) is -0.247. The fourth-order valence-corrected chi connectivity index (χ4v) is 2.12. The second kappa shape index (κ2) is 6.52. The molecule has 0 heterocycles. The summed E-state index contributed by atoms with van der Waals surface area (Å²) in [7, 11) is 0. The molecule has 0 bridgehead atoms. The van der Waals surface area contributed by atoms with Crippen molar-refractivity contribution in [1.82, 2.24) is 5.32 Å². The predicted molar refractivity (Wildman–Crippen MR) is 74.7 cm³/mol. The summed E-state index contributed by atoms with van der Waals surface area (Å²) >= 11 is 5.86. The molecule has 0 saturated heterocycles. The molecule has 0 aliphatic heterocycles. The first-order valence-electron chi connectivity index (χ1n) is 6.01. The number of hydrogen-bond donors (Lipinski definition) is 1. The standard InChI is InChI=1S/C13H17ClN2O3/c1-8-6-11(4-5-12(8)16(18)19)13(17)15-10(3)7-9(2)14/h4-6,9-10H,7H2,1-3H3,(H,15,17). The van der Waals surface area contributed by atoms with Crippen molar-refractivity contribution < 1.29 is 9.72 Å². The van der Waals surface area contributed by atoms with Crippen molar-refractivity contribution in [1.29, 1.82) is 0 Å². The van der Waals surface area contributed by atoms with E-state index in [1.54, 1.807) is 6.92 Å². The highest BCUT2D eigenvalue weighted by molar-refractivity contribution is 6.20. The van der Waals surface area contributed by atoms with E-state index >= 15 is 0 Å². The third-order valence-corrected chi connectivity index (χ3v) is 2.89. The molecule has 0 spiro atoms. The van der Waals surface area contributed by atoms with Crippen LogP contribution >= 0.6 is 11.6 Å². The molecule has 0 aromatic heterocycles. The van der Waals surface area contributed by atoms with Gasteiger partial charge < -0.3 is 5.32 Å². The van der Waals surface area contributed by atoms with E-state index in [-0.39, 0.29) is 23.0 Å². The molecule has 0 aliphatic carbocycles. The number of halogens is 1. The van der Waals surface area contributed by atoms with Crippen LogP contribution < -0.4 is 5.32 Å². The molecule has 1 amide bonds. The molecular formula is C13H17ClN2O3. The van der Waals surface area contributed by atoms with Gasteiger partial charge >= 0.3 is 0 Å². The zero-order valence-electron chi connectivity index (χ0n) is 11.1. The molecule has 2 unspecified atom stereocenters. The highest BCUT2D eigenvalue weighted by atomic mass is 35.5. The van der Waals surface area contributed by atoms with Crippen LogP contribution in [0, 0.1) is 17.0 Å². The smallest absolute Gasteiger partial charge is 0.272 e. The maximum absolute atomic E-state index is 11.9. The monoisotopic (exact) mass is 284 g/mol. The lowest BCUT2D eigenvalue weighted by Crippen LogP contribution is -2.33. The van der Waals surface area contributed by atoms with Gasteiger partial charge in [-0.1, -0.05) is 0 Å². The van der Waals surface area contributed by atoms with Crippen molar-refractivity contribution in [2.24, 2.45) is 0 Å². The number of alkyl halides is 1. The van der Waals surface area contributed by atoms with Crippen LogP contribution in [-0.2, 0) is 0 Å². The summed E-state index contributed by atoms with van der Waals surface area (Å²) < 4.78 is 0. The Balaban J connectivity index is 2.78. The van der Waals surface area contributed by atoms with E-state index in [2.05, 4.69) is 5.32 Å². The van der Waals surface area contributed by atoms with Gasteiger partial charge in [0.1, 0.15) is 0 Å². The second-order valence-corrected chi connectivity index (χ2v) is 5.39. The highest BCUT2D eigenvalue weighted by Crippen LogP contribution is 2.18. The molecule has 0 aliphatic rings. The molecule has 1 N–H and O–H groups in total. The van der Waals surface area contributed by atoms with Crippen LogP contribution in [0.3, 0.4) is 0 Å². The van der Waals surface area contributed by atoms with Gasteiger partial charge in [-0.25, -0.2) is 0 Å². The number of amides is 1. The zero-order chi connectivity index (χ0) is 14.6. The van der Waals surface area contributed by atoms with Crippen LogP contribution in [0.15, 0.2) is 18.2 Å². The third-order valence-electron chi connectivity index (χ3n) is 2.71. The van der Waals surface area contributed by atoms with Crippen LogP contribution in [0.5, 0.6) is 0 Å². The molecule has 104 valence electrons. The summed E-state index contributed by atoms with van der Waals surface area (Å²) in [6.45, 7) is 5.34. The Morgan fingerprint density at radius 3 is 2.58 bits per heavy atom. The molecule has 5 nitrogen and oxygen atoms in total. The van der Waals surface area contributed by atoms with Crippen molar-refractivity contribution in [3.8, 4) is 0 Å². The van der Waals surface area contributed by atoms with Crippen molar-refractivity contribution in [3.05, 3.63) is 39.4 Å². The number of carbonyl (C=O) groups excluding carboxylic acids is 1. The van der Waals surface area contributed by atoms with Crippen molar-refractivity contribution in [3.63, 3.8) is 0 Å². The topological polar surface area (TPSA) is 72.2 Å². The number of nitro groups is 1. The molecule has 6 heteroatoms. The van der Waals surface area contributed by atoms with E-state index in [0.29, 0.717) is 17.5 Å². The number of hydrogen-bond acceptors (Lipinski definition) is 3. The lowest BCUT2D eigenvalue weighted by molar-refractivity contribution is -0.385. The van der Waals surface area contributed by atoms with Crippen LogP contribution in [0.4, 0.5) is 5.69 Å². The Hall–Kier alpha value is -1.62. The first-order valence-corrected chi connectivity index (χ1v) is 6.45. The highest BCUT2D eigenvalue weighted by Gasteiger charge is 2.15. The Labute approximate surface area is 117 Å². The molecule has 1 aromatic rings. The minimum absolute atomic E-state index is 0.0129. The number of nitrogens with one attached hydrogen (secondary N) is 1. The first kappa shape index (κ1) is 15.4. The van der Waals surface area contributed by atoms with Crippen LogP contribution in [0.1, 0.15) is 36.2 Å². The number of benzene rings is 1. The minimum atomic E-state index is -0.463. The number of nitrogens with zero attached hydrogens (tertiary/aromatic N) is 1. The van der Waals surface area contributed by atoms with Gasteiger partial charge in [-0.05, 0) is 39.3 Å². The van der Waals surface area contributed by atoms with Crippen molar-refractivity contribution in [2.45, 2.75) is 38.6 Å². The van der Waals surface area contributed by atoms with Crippen LogP contribution in [-0.4, -0.2) is 22.2 Å². The van der Waals surface area contributed by atoms with E-state index < -0.39 is 4.92 Å². The van der Waals surface area contributed by atoms with E-state index in [9.17, 15) is 14.9 Å². The van der Waals surface area contributed by atoms with Crippen LogP contribution in [0.25, 0.3) is 0 Å². The van der Waals surface area contributed by atoms with E-state index in [0.717, 1.165) is 0 Å². The lowest BCUT2D eigenvalue weighted by Gasteiger charge is -2.15. The fraction of sp³-hybridized carbons (Fsp3) is 0.462. The number of nitro benzene ring substituents is 1. The van der Waals surface area contributed by atoms with Crippen molar-refractivity contribution >= 4 is 23.2 Å². The Kier molecular flexibility index (Phi) is 5.30. The molecule has 2 atom stereocenters. The van der Waals surface area contributed by atoms with Gasteiger partial charge in [-0.2, -0.15) is 0 Å². The quantitative estimate of drug-likeness (QED) is 0.513. The first-order chi connectivity index (χ1) is 8.81. The summed E-state index contributed by atoms with van der Waals surface area (Å²) in [6.07, 6.45) is 0.666. The van der Waals surface area contributed by atoms with Gasteiger partial charge in [0, 0.05) is 28.6 Å². The average molecular weight is 285 g/mol. The second-order valence-electron chi connectivity index (χ2n) is 4.65. The molecule has 19 heavy (non-hydrogen) atoms. The molecule has 1 rings (SSSR count). The Morgan fingerprint density at radius 1 is 1.47 bits per heavy atom. The van der Waals surface area contributed by atoms with Gasteiger partial charge in [-0.15, -0.1) is 11.6 Å². The largest absolute Gasteiger partial charge is 0.350 e. The van der Waals surface area contributed by atoms with Gasteiger partial charge in [0.05, 0.1) is 4.92 Å². The maximum atomic E-state index is 11.9. The Morgan fingerprint density at radius 2 is 2.11 bits per heavy atom. The average Bonchev–Trinajstić information content (AvgIpc) is 2.26. The number of aryl methyl sites for hydroxylation is 1. The van der Waals surface area contributed by atoms with E-state index in [1.165, 1.54) is 18.2 Å². The van der Waals surface area contributed by atoms with E-state index in [1.807, 2.05) is 13.8 Å². The number of carbonyl (C=O) groups is 1. The van der Waals surface area contributed by atoms with Crippen molar-refractivity contribution in [2.75, 3.05) is 0 Å². The normalized spacial score (nSPS) is 13.7. The predicted octanol–water partition coefficient (Wildman–Crippen LogP) is 3.04. The van der Waals surface area contributed by atoms with Gasteiger partial charge in [0.15, 0.2) is 0 Å². The van der Waals surface area contributed by atoms with E-state index in [4.69, 9.17) is 11.6 Å². The molecule has 0 fully saturated rings. The lowest BCUT2D eigenvalue weighted by atomic mass is 10.1. The van der Waals surface area contributed by atoms with Gasteiger partial charge in [0.25, 0.3) is 11.6 Å². The molecular weight excluding hydrogens is 268 g/mol. The zero-order valence-corrected chi connectivity index (χ0v) is 11.9. The summed E-state index contributed by atoms with van der Waals surface area (Å²) in [4.78, 5) is 22.2. The minimum Gasteiger partial charge on any atom is -0.350 e. The molecule has 0 saturated carbocycles. The summed E-state index contributed by atoms with van der Waals surface area (Å²) in [6, 6.07) is 4.27. The maximum Gasteiger partial charge on any atom is 0.272 e. The third kappa shape index (κ3) is 4.52. The fourth-order valence-electron chi connectivity index (χ4n) is 1.85. The number of rotatable bonds is 5. The van der Waals surface area contributed by atoms with Gasteiger partial charge in [-0.3, -0.25) is 14.9 Å².